The van der Waals surface area contributed by atoms with Crippen LogP contribution in [0.5, 0.6) is 0 Å². The predicted molar refractivity (Wildman–Crippen MR) is 114 cm³/mol. The van der Waals surface area contributed by atoms with Crippen molar-refractivity contribution in [1.29, 1.82) is 0 Å². The second-order valence-corrected chi connectivity index (χ2v) is 9.03. The Labute approximate surface area is 172 Å². The SMILES string of the molecule is C=CCn1c(=O)n(CC=C)c(=O)n(CCC[Si](OCC)(OCC)OCCC)c1=O. The minimum atomic E-state index is -2.90. The Hall–Kier alpha value is -2.01. The second kappa shape index (κ2) is 12.5. The van der Waals surface area contributed by atoms with E-state index in [0.717, 1.165) is 20.1 Å². The van der Waals surface area contributed by atoms with Crippen molar-refractivity contribution in [3.63, 3.8) is 0 Å². The Morgan fingerprint density at radius 1 is 0.828 bits per heavy atom. The summed E-state index contributed by atoms with van der Waals surface area (Å²) < 4.78 is 20.7. The zero-order valence-electron chi connectivity index (χ0n) is 17.7. The van der Waals surface area contributed by atoms with E-state index in [1.165, 1.54) is 12.2 Å². The first-order chi connectivity index (χ1) is 13.9. The van der Waals surface area contributed by atoms with Crippen molar-refractivity contribution in [1.82, 2.24) is 13.7 Å². The molecule has 0 N–H and O–H groups in total. The Balaban J connectivity index is 3.20. The third-order valence-corrected chi connectivity index (χ3v) is 7.19. The Bertz CT molecular complexity index is 788. The van der Waals surface area contributed by atoms with Crippen LogP contribution in [0.25, 0.3) is 0 Å². The molecule has 0 atom stereocenters. The lowest BCUT2D eigenvalue weighted by atomic mass is 10.4. The molecule has 29 heavy (non-hydrogen) atoms. The molecule has 1 aromatic rings. The molecule has 0 saturated carbocycles. The van der Waals surface area contributed by atoms with Crippen LogP contribution in [0, 0.1) is 0 Å². The average molecular weight is 428 g/mol. The van der Waals surface area contributed by atoms with Gasteiger partial charge in [-0.2, -0.15) is 0 Å². The second-order valence-electron chi connectivity index (χ2n) is 6.30. The molecule has 1 aromatic heterocycles. The summed E-state index contributed by atoms with van der Waals surface area (Å²) in [4.78, 5) is 37.8. The summed E-state index contributed by atoms with van der Waals surface area (Å²) in [6.07, 6.45) is 4.14. The predicted octanol–water partition coefficient (Wildman–Crippen LogP) is 1.37. The van der Waals surface area contributed by atoms with Crippen molar-refractivity contribution in [3.8, 4) is 0 Å². The normalized spacial score (nSPS) is 11.6. The van der Waals surface area contributed by atoms with Crippen LogP contribution >= 0.6 is 0 Å². The van der Waals surface area contributed by atoms with Crippen molar-refractivity contribution in [2.24, 2.45) is 0 Å². The van der Waals surface area contributed by atoms with Gasteiger partial charge in [0, 0.05) is 32.4 Å². The number of allylic oxidation sites excluding steroid dienone is 2. The molecule has 0 spiro atoms. The lowest BCUT2D eigenvalue weighted by Gasteiger charge is -2.29. The van der Waals surface area contributed by atoms with E-state index >= 15 is 0 Å². The van der Waals surface area contributed by atoms with E-state index in [9.17, 15) is 14.4 Å². The number of hydrogen-bond acceptors (Lipinski definition) is 6. The van der Waals surface area contributed by atoms with Crippen LogP contribution in [0.4, 0.5) is 0 Å². The number of aromatic nitrogens is 3. The molecule has 0 bridgehead atoms. The summed E-state index contributed by atoms with van der Waals surface area (Å²) >= 11 is 0. The Morgan fingerprint density at radius 3 is 1.72 bits per heavy atom. The maximum absolute atomic E-state index is 12.7. The van der Waals surface area contributed by atoms with E-state index in [1.807, 2.05) is 20.8 Å². The van der Waals surface area contributed by atoms with Crippen molar-refractivity contribution < 1.29 is 13.3 Å². The monoisotopic (exact) mass is 427 g/mol. The summed E-state index contributed by atoms with van der Waals surface area (Å²) in [7, 11) is -2.90. The number of hydrogen-bond donors (Lipinski definition) is 0. The summed E-state index contributed by atoms with van der Waals surface area (Å²) in [5, 5.41) is 0. The molecule has 1 rings (SSSR count). The van der Waals surface area contributed by atoms with Gasteiger partial charge in [-0.15, -0.1) is 13.2 Å². The lowest BCUT2D eigenvalue weighted by Crippen LogP contribution is -2.54. The summed E-state index contributed by atoms with van der Waals surface area (Å²) in [5.74, 6) is 0. The molecule has 0 fully saturated rings. The molecule has 10 heteroatoms. The summed E-state index contributed by atoms with van der Waals surface area (Å²) in [6.45, 7) is 14.5. The van der Waals surface area contributed by atoms with Gasteiger partial charge in [-0.25, -0.2) is 28.1 Å². The first kappa shape index (κ1) is 25.0. The molecule has 9 nitrogen and oxygen atoms in total. The fraction of sp³-hybridized carbons (Fsp3) is 0.632. The van der Waals surface area contributed by atoms with Crippen LogP contribution in [0.3, 0.4) is 0 Å². The van der Waals surface area contributed by atoms with Gasteiger partial charge in [-0.1, -0.05) is 19.1 Å². The largest absolute Gasteiger partial charge is 0.501 e. The highest BCUT2D eigenvalue weighted by atomic mass is 28.4. The van der Waals surface area contributed by atoms with Gasteiger partial charge in [-0.3, -0.25) is 0 Å². The Morgan fingerprint density at radius 2 is 1.31 bits per heavy atom. The third kappa shape index (κ3) is 6.49. The van der Waals surface area contributed by atoms with E-state index in [1.54, 1.807) is 0 Å². The highest BCUT2D eigenvalue weighted by Crippen LogP contribution is 2.18. The van der Waals surface area contributed by atoms with Gasteiger partial charge < -0.3 is 13.3 Å². The maximum atomic E-state index is 12.7. The summed E-state index contributed by atoms with van der Waals surface area (Å²) in [6, 6.07) is 0.461. The fourth-order valence-electron chi connectivity index (χ4n) is 2.94. The molecule has 0 radical (unpaired) electrons. The molecular weight excluding hydrogens is 394 g/mol. The number of nitrogens with zero attached hydrogens (tertiary/aromatic N) is 3. The molecule has 0 saturated heterocycles. The van der Waals surface area contributed by atoms with Crippen LogP contribution in [0.2, 0.25) is 6.04 Å². The molecule has 1 heterocycles. The van der Waals surface area contributed by atoms with Gasteiger partial charge in [0.1, 0.15) is 0 Å². The van der Waals surface area contributed by atoms with Gasteiger partial charge in [0.25, 0.3) is 0 Å². The van der Waals surface area contributed by atoms with Crippen molar-refractivity contribution in [3.05, 3.63) is 56.8 Å². The van der Waals surface area contributed by atoms with Crippen LogP contribution in [-0.2, 0) is 32.9 Å². The van der Waals surface area contributed by atoms with Gasteiger partial charge >= 0.3 is 25.9 Å². The fourth-order valence-corrected chi connectivity index (χ4v) is 5.61. The molecule has 0 aliphatic carbocycles. The zero-order chi connectivity index (χ0) is 21.9. The average Bonchev–Trinajstić information content (AvgIpc) is 2.70. The van der Waals surface area contributed by atoms with Crippen molar-refractivity contribution in [2.45, 2.75) is 59.3 Å². The molecule has 0 amide bonds. The molecule has 0 aliphatic heterocycles. The highest BCUT2D eigenvalue weighted by molar-refractivity contribution is 6.60. The molecule has 164 valence electrons. The third-order valence-electron chi connectivity index (χ3n) is 4.13. The summed E-state index contributed by atoms with van der Waals surface area (Å²) in [5.41, 5.74) is -1.99. The van der Waals surface area contributed by atoms with Gasteiger partial charge in [-0.05, 0) is 26.7 Å². The zero-order valence-corrected chi connectivity index (χ0v) is 18.7. The first-order valence-corrected chi connectivity index (χ1v) is 11.9. The quantitative estimate of drug-likeness (QED) is 0.310. The standard InChI is InChI=1S/C19H33N3O6Si/c1-6-12-20-17(23)21(13-7-2)19(25)22(18(20)24)14-11-16-29(26-9-4,27-10-5)28-15-8-3/h6-7H,1-2,8-16H2,3-5H3. The Kier molecular flexibility index (Phi) is 10.8. The van der Waals surface area contributed by atoms with Crippen LogP contribution in [-0.4, -0.2) is 42.3 Å². The van der Waals surface area contributed by atoms with Gasteiger partial charge in [0.05, 0.1) is 13.1 Å². The highest BCUT2D eigenvalue weighted by Gasteiger charge is 2.40. The number of rotatable bonds is 15. The van der Waals surface area contributed by atoms with E-state index in [4.69, 9.17) is 13.3 Å². The maximum Gasteiger partial charge on any atom is 0.501 e. The lowest BCUT2D eigenvalue weighted by molar-refractivity contribution is 0.0663. The van der Waals surface area contributed by atoms with E-state index in [2.05, 4.69) is 13.2 Å². The smallest absolute Gasteiger partial charge is 0.374 e. The minimum Gasteiger partial charge on any atom is -0.374 e. The van der Waals surface area contributed by atoms with E-state index < -0.39 is 25.9 Å². The molecule has 0 unspecified atom stereocenters. The van der Waals surface area contributed by atoms with E-state index in [-0.39, 0.29) is 19.6 Å². The van der Waals surface area contributed by atoms with Gasteiger partial charge in [0.15, 0.2) is 0 Å². The van der Waals surface area contributed by atoms with Crippen LogP contribution in [0.1, 0.15) is 33.6 Å². The van der Waals surface area contributed by atoms with E-state index in [0.29, 0.717) is 32.3 Å². The molecule has 0 aliphatic rings. The molecular formula is C19H33N3O6Si. The van der Waals surface area contributed by atoms with Crippen molar-refractivity contribution >= 4 is 8.80 Å². The van der Waals surface area contributed by atoms with Crippen LogP contribution < -0.4 is 17.1 Å². The van der Waals surface area contributed by atoms with Crippen molar-refractivity contribution in [2.75, 3.05) is 19.8 Å². The first-order valence-electron chi connectivity index (χ1n) is 9.99. The topological polar surface area (TPSA) is 93.7 Å². The van der Waals surface area contributed by atoms with Crippen LogP contribution in [0.15, 0.2) is 39.7 Å². The minimum absolute atomic E-state index is 0.0191. The molecule has 0 aromatic carbocycles. The van der Waals surface area contributed by atoms with Gasteiger partial charge in [0.2, 0.25) is 0 Å².